The highest BCUT2D eigenvalue weighted by Gasteiger charge is 2.51. The average Bonchev–Trinajstić information content (AvgIpc) is 3.37. The van der Waals surface area contributed by atoms with E-state index in [1.807, 2.05) is 6.07 Å². The van der Waals surface area contributed by atoms with Gasteiger partial charge in [0.15, 0.2) is 5.82 Å². The smallest absolute Gasteiger partial charge is 0.410 e. The van der Waals surface area contributed by atoms with Crippen LogP contribution in [0.3, 0.4) is 0 Å². The van der Waals surface area contributed by atoms with Crippen molar-refractivity contribution in [3.05, 3.63) is 59.7 Å². The Kier molecular flexibility index (Phi) is 6.51. The number of carboxylic acid groups (broad SMARTS) is 1. The Hall–Kier alpha value is -4.25. The van der Waals surface area contributed by atoms with Crippen molar-refractivity contribution in [1.82, 2.24) is 25.3 Å². The molecule has 2 aromatic heterocycles. The van der Waals surface area contributed by atoms with E-state index in [-0.39, 0.29) is 11.4 Å². The molecule has 0 radical (unpaired) electrons. The molecule has 1 amide bonds. The van der Waals surface area contributed by atoms with Crippen LogP contribution in [0.1, 0.15) is 25.0 Å². The van der Waals surface area contributed by atoms with E-state index in [0.717, 1.165) is 6.07 Å². The van der Waals surface area contributed by atoms with Gasteiger partial charge in [0.25, 0.3) is 0 Å². The Labute approximate surface area is 211 Å². The van der Waals surface area contributed by atoms with Gasteiger partial charge in [-0.3, -0.25) is 10.3 Å². The third-order valence-corrected chi connectivity index (χ3v) is 9.48. The number of aliphatic imine (C=N–C) groups is 1. The molecule has 0 saturated heterocycles. The van der Waals surface area contributed by atoms with Gasteiger partial charge >= 0.3 is 6.09 Å². The van der Waals surface area contributed by atoms with Crippen molar-refractivity contribution in [3.63, 3.8) is 0 Å². The highest BCUT2D eigenvalue weighted by molar-refractivity contribution is 7.95. The number of rotatable bonds is 4. The maximum atomic E-state index is 15.2. The summed E-state index contributed by atoms with van der Waals surface area (Å²) in [7, 11) is -2.01. The molecule has 1 aliphatic heterocycles. The number of hydrogen-bond acceptors (Lipinski definition) is 8. The van der Waals surface area contributed by atoms with Gasteiger partial charge in [-0.05, 0) is 44.2 Å². The van der Waals surface area contributed by atoms with Crippen molar-refractivity contribution in [3.8, 4) is 23.1 Å². The molecule has 14 heteroatoms. The first-order valence-electron chi connectivity index (χ1n) is 10.9. The fourth-order valence-corrected chi connectivity index (χ4v) is 6.31. The van der Waals surface area contributed by atoms with Crippen LogP contribution in [-0.4, -0.2) is 65.4 Å². The lowest BCUT2D eigenvalue weighted by Crippen LogP contribution is -2.58. The lowest BCUT2D eigenvalue weighted by molar-refractivity contribution is 0.199. The second kappa shape index (κ2) is 9.32. The third-order valence-electron chi connectivity index (χ3n) is 6.24. The Morgan fingerprint density at radius 3 is 2.70 bits per heavy atom. The van der Waals surface area contributed by atoms with Crippen LogP contribution in [0.2, 0.25) is 0 Å². The van der Waals surface area contributed by atoms with Crippen LogP contribution in [-0.2, 0) is 15.3 Å². The normalized spacial score (nSPS) is 22.5. The fraction of sp³-hybridized carbons (Fsp3) is 0.304. The summed E-state index contributed by atoms with van der Waals surface area (Å²) in [6.07, 6.45) is 1.41. The maximum Gasteiger partial charge on any atom is 0.410 e. The fourth-order valence-electron chi connectivity index (χ4n) is 4.02. The summed E-state index contributed by atoms with van der Waals surface area (Å²) in [6, 6.07) is 8.95. The molecular weight excluding hydrogens is 506 g/mol. The standard InChI is InChI=1S/C23H22F2N8O3S/c1-22(2)20(29-21(34)35)30-23(12-24,13-37(22,36)27-3)16-8-15(5-6-17(16)25)18-11-33(32-31-18)19-7-4-14(9-26)10-28-19/h4-8,10-11H,12-13H2,1-3H3,(H,29,30)(H,34,35)/t23-,37+/m0/s1. The van der Waals surface area contributed by atoms with Crippen LogP contribution in [0.5, 0.6) is 0 Å². The highest BCUT2D eigenvalue weighted by Crippen LogP contribution is 2.41. The summed E-state index contributed by atoms with van der Waals surface area (Å²) < 4.78 is 47.8. The molecular formula is C23H22F2N8O3S. The Morgan fingerprint density at radius 1 is 1.35 bits per heavy atom. The molecule has 2 atom stereocenters. The van der Waals surface area contributed by atoms with Gasteiger partial charge < -0.3 is 5.11 Å². The molecule has 0 aliphatic carbocycles. The lowest BCUT2D eigenvalue weighted by Gasteiger charge is -2.41. The van der Waals surface area contributed by atoms with Gasteiger partial charge in [-0.1, -0.05) is 5.21 Å². The largest absolute Gasteiger partial charge is 0.465 e. The number of benzene rings is 1. The van der Waals surface area contributed by atoms with Crippen LogP contribution in [0.25, 0.3) is 17.1 Å². The van der Waals surface area contributed by atoms with E-state index in [1.54, 1.807) is 12.1 Å². The van der Waals surface area contributed by atoms with E-state index in [4.69, 9.17) is 5.26 Å². The topological polar surface area (TPSA) is 159 Å². The first-order chi connectivity index (χ1) is 17.5. The van der Waals surface area contributed by atoms with Gasteiger partial charge in [-0.2, -0.15) is 5.26 Å². The van der Waals surface area contributed by atoms with E-state index in [1.165, 1.54) is 50.1 Å². The number of amidine groups is 1. The number of pyridine rings is 1. The van der Waals surface area contributed by atoms with Gasteiger partial charge in [0.2, 0.25) is 0 Å². The average molecular weight is 529 g/mol. The molecule has 2 N–H and O–H groups in total. The van der Waals surface area contributed by atoms with Crippen molar-refractivity contribution in [2.75, 3.05) is 19.5 Å². The number of halogens is 2. The van der Waals surface area contributed by atoms with E-state index in [0.29, 0.717) is 22.6 Å². The zero-order chi connectivity index (χ0) is 27.0. The third kappa shape index (κ3) is 4.42. The minimum atomic E-state index is -3.30. The van der Waals surface area contributed by atoms with Crippen LogP contribution < -0.4 is 5.32 Å². The number of nitrogens with one attached hydrogen (secondary N) is 1. The van der Waals surface area contributed by atoms with Gasteiger partial charge in [-0.25, -0.2) is 31.8 Å². The second-order valence-electron chi connectivity index (χ2n) is 8.79. The summed E-state index contributed by atoms with van der Waals surface area (Å²) in [4.78, 5) is 19.9. The van der Waals surface area contributed by atoms with Crippen molar-refractivity contribution < 1.29 is 22.9 Å². The lowest BCUT2D eigenvalue weighted by atomic mass is 9.90. The minimum absolute atomic E-state index is 0.227. The monoisotopic (exact) mass is 528 g/mol. The predicted molar refractivity (Wildman–Crippen MR) is 131 cm³/mol. The molecule has 192 valence electrons. The molecule has 11 nitrogen and oxygen atoms in total. The quantitative estimate of drug-likeness (QED) is 0.526. The molecule has 0 bridgehead atoms. The molecule has 0 fully saturated rings. The molecule has 3 aromatic rings. The zero-order valence-electron chi connectivity index (χ0n) is 20.0. The molecule has 0 spiro atoms. The first kappa shape index (κ1) is 25.8. The van der Waals surface area contributed by atoms with E-state index in [2.05, 4.69) is 30.0 Å². The molecule has 4 rings (SSSR count). The second-order valence-corrected chi connectivity index (χ2v) is 11.7. The number of alkyl halides is 1. The Morgan fingerprint density at radius 2 is 2.11 bits per heavy atom. The van der Waals surface area contributed by atoms with Gasteiger partial charge in [0, 0.05) is 24.4 Å². The van der Waals surface area contributed by atoms with Crippen molar-refractivity contribution >= 4 is 21.7 Å². The van der Waals surface area contributed by atoms with E-state index >= 15 is 4.39 Å². The minimum Gasteiger partial charge on any atom is -0.465 e. The number of nitriles is 1. The van der Waals surface area contributed by atoms with Gasteiger partial charge in [0.1, 0.15) is 40.4 Å². The van der Waals surface area contributed by atoms with E-state index in [9.17, 15) is 18.5 Å². The Bertz CT molecular complexity index is 1570. The summed E-state index contributed by atoms with van der Waals surface area (Å²) >= 11 is 0. The van der Waals surface area contributed by atoms with Crippen molar-refractivity contribution in [2.45, 2.75) is 24.1 Å². The first-order valence-corrected chi connectivity index (χ1v) is 12.5. The number of nitrogens with zero attached hydrogens (tertiary/aromatic N) is 7. The molecule has 37 heavy (non-hydrogen) atoms. The summed E-state index contributed by atoms with van der Waals surface area (Å²) in [5, 5.41) is 28.4. The Balaban J connectivity index is 1.84. The zero-order valence-corrected chi connectivity index (χ0v) is 20.8. The number of aromatic nitrogens is 4. The van der Waals surface area contributed by atoms with Crippen LogP contribution >= 0.6 is 0 Å². The summed E-state index contributed by atoms with van der Waals surface area (Å²) in [6.45, 7) is 1.71. The molecule has 1 aliphatic rings. The van der Waals surface area contributed by atoms with Crippen molar-refractivity contribution in [1.29, 1.82) is 5.26 Å². The molecule has 3 heterocycles. The number of carbonyl (C=O) groups is 1. The van der Waals surface area contributed by atoms with Crippen LogP contribution in [0, 0.1) is 17.1 Å². The SMILES string of the molecule is CN=[S@@]1(=O)C[C@@](CF)(c2cc(-c3cn(-c4ccc(C#N)cn4)nn3)ccc2F)N=C(NC(=O)O)C1(C)C. The van der Waals surface area contributed by atoms with Gasteiger partial charge in [-0.15, -0.1) is 5.10 Å². The van der Waals surface area contributed by atoms with E-state index < -0.39 is 44.4 Å². The number of amides is 1. The maximum absolute atomic E-state index is 15.2. The number of hydrogen-bond donors (Lipinski definition) is 2. The molecule has 0 unspecified atom stereocenters. The van der Waals surface area contributed by atoms with Crippen molar-refractivity contribution in [2.24, 2.45) is 9.36 Å². The van der Waals surface area contributed by atoms with Gasteiger partial charge in [0.05, 0.1) is 27.2 Å². The highest BCUT2D eigenvalue weighted by atomic mass is 32.2. The molecule has 1 aromatic carbocycles. The van der Waals surface area contributed by atoms with Crippen LogP contribution in [0.4, 0.5) is 13.6 Å². The van der Waals surface area contributed by atoms with Crippen LogP contribution in [0.15, 0.2) is 52.1 Å². The molecule has 0 saturated carbocycles. The summed E-state index contributed by atoms with van der Waals surface area (Å²) in [5.41, 5.74) is -1.21. The summed E-state index contributed by atoms with van der Waals surface area (Å²) in [5.74, 6) is -1.18. The predicted octanol–water partition coefficient (Wildman–Crippen LogP) is 3.06.